The Morgan fingerprint density at radius 1 is 1.31 bits per heavy atom. The van der Waals surface area contributed by atoms with E-state index in [4.69, 9.17) is 5.73 Å². The maximum atomic E-state index is 9.18. The minimum atomic E-state index is -0.172. The Bertz CT molecular complexity index is 277. The predicted octanol–water partition coefficient (Wildman–Crippen LogP) is 1.08. The average molecular weight is 177 g/mol. The zero-order chi connectivity index (χ0) is 9.31. The van der Waals surface area contributed by atoms with Gasteiger partial charge in [-0.2, -0.15) is 0 Å². The molecule has 1 aromatic carbocycles. The minimum Gasteiger partial charge on any atom is -0.393 e. The maximum absolute atomic E-state index is 9.18. The van der Waals surface area contributed by atoms with Gasteiger partial charge in [0.15, 0.2) is 0 Å². The van der Waals surface area contributed by atoms with E-state index in [1.54, 1.807) is 0 Å². The third kappa shape index (κ3) is 1.90. The van der Waals surface area contributed by atoms with Gasteiger partial charge >= 0.3 is 0 Å². The first-order valence-electron chi connectivity index (χ1n) is 4.69. The molecule has 2 nitrogen and oxygen atoms in total. The normalized spacial score (nSPS) is 32.6. The number of aliphatic hydroxyl groups is 1. The molecule has 1 fully saturated rings. The van der Waals surface area contributed by atoms with Crippen molar-refractivity contribution >= 4 is 0 Å². The third-order valence-electron chi connectivity index (χ3n) is 2.68. The standard InChI is InChI=1S/C11H15NO/c12-11(7-10(13)8-11)6-9-4-2-1-3-5-9/h1-5,10,13H,6-8,12H2. The van der Waals surface area contributed by atoms with Gasteiger partial charge in [-0.1, -0.05) is 30.3 Å². The molecule has 1 saturated carbocycles. The topological polar surface area (TPSA) is 46.2 Å². The SMILES string of the molecule is NC1(Cc2ccccc2)CC(O)C1. The van der Waals surface area contributed by atoms with Crippen LogP contribution in [0.5, 0.6) is 0 Å². The molecule has 1 aliphatic rings. The van der Waals surface area contributed by atoms with Crippen LogP contribution in [0.25, 0.3) is 0 Å². The van der Waals surface area contributed by atoms with Crippen molar-refractivity contribution in [1.82, 2.24) is 0 Å². The van der Waals surface area contributed by atoms with Crippen LogP contribution in [0.15, 0.2) is 30.3 Å². The lowest BCUT2D eigenvalue weighted by Crippen LogP contribution is -2.55. The average Bonchev–Trinajstić information content (AvgIpc) is 2.03. The van der Waals surface area contributed by atoms with Gasteiger partial charge in [-0.05, 0) is 24.8 Å². The summed E-state index contributed by atoms with van der Waals surface area (Å²) < 4.78 is 0. The summed E-state index contributed by atoms with van der Waals surface area (Å²) in [6.45, 7) is 0. The second kappa shape index (κ2) is 3.13. The van der Waals surface area contributed by atoms with E-state index >= 15 is 0 Å². The molecule has 13 heavy (non-hydrogen) atoms. The fourth-order valence-electron chi connectivity index (χ4n) is 2.03. The number of aliphatic hydroxyl groups excluding tert-OH is 1. The van der Waals surface area contributed by atoms with Crippen molar-refractivity contribution in [2.75, 3.05) is 0 Å². The van der Waals surface area contributed by atoms with Crippen LogP contribution in [0, 0.1) is 0 Å². The summed E-state index contributed by atoms with van der Waals surface area (Å²) in [6.07, 6.45) is 2.18. The Hall–Kier alpha value is -0.860. The Morgan fingerprint density at radius 2 is 1.92 bits per heavy atom. The molecule has 0 radical (unpaired) electrons. The fourth-order valence-corrected chi connectivity index (χ4v) is 2.03. The van der Waals surface area contributed by atoms with Crippen molar-refractivity contribution in [3.63, 3.8) is 0 Å². The van der Waals surface area contributed by atoms with Gasteiger partial charge in [0.2, 0.25) is 0 Å². The summed E-state index contributed by atoms with van der Waals surface area (Å²) in [5.41, 5.74) is 7.17. The molecule has 0 aliphatic heterocycles. The van der Waals surface area contributed by atoms with Gasteiger partial charge < -0.3 is 10.8 Å². The number of hydrogen-bond acceptors (Lipinski definition) is 2. The molecule has 2 rings (SSSR count). The van der Waals surface area contributed by atoms with Crippen LogP contribution in [-0.4, -0.2) is 16.7 Å². The highest BCUT2D eigenvalue weighted by molar-refractivity contribution is 5.19. The highest BCUT2D eigenvalue weighted by Gasteiger charge is 2.39. The van der Waals surface area contributed by atoms with Crippen LogP contribution >= 0.6 is 0 Å². The van der Waals surface area contributed by atoms with E-state index in [0.29, 0.717) is 0 Å². The van der Waals surface area contributed by atoms with E-state index in [9.17, 15) is 5.11 Å². The first-order valence-corrected chi connectivity index (χ1v) is 4.69. The van der Waals surface area contributed by atoms with E-state index in [0.717, 1.165) is 19.3 Å². The molecule has 0 bridgehead atoms. The molecule has 0 atom stereocenters. The highest BCUT2D eigenvalue weighted by Crippen LogP contribution is 2.32. The van der Waals surface area contributed by atoms with E-state index in [2.05, 4.69) is 12.1 Å². The fraction of sp³-hybridized carbons (Fsp3) is 0.455. The van der Waals surface area contributed by atoms with Crippen molar-refractivity contribution in [2.45, 2.75) is 30.9 Å². The lowest BCUT2D eigenvalue weighted by Gasteiger charge is -2.42. The van der Waals surface area contributed by atoms with Crippen LogP contribution in [0.2, 0.25) is 0 Å². The first kappa shape index (κ1) is 8.73. The van der Waals surface area contributed by atoms with Gasteiger partial charge in [0.05, 0.1) is 6.10 Å². The smallest absolute Gasteiger partial charge is 0.0575 e. The maximum Gasteiger partial charge on any atom is 0.0575 e. The molecule has 1 aliphatic carbocycles. The molecule has 1 aromatic rings. The van der Waals surface area contributed by atoms with E-state index < -0.39 is 0 Å². The van der Waals surface area contributed by atoms with Crippen molar-refractivity contribution < 1.29 is 5.11 Å². The molecule has 0 unspecified atom stereocenters. The molecule has 0 aromatic heterocycles. The van der Waals surface area contributed by atoms with E-state index in [1.165, 1.54) is 5.56 Å². The second-order valence-electron chi connectivity index (χ2n) is 4.09. The Labute approximate surface area is 78.4 Å². The first-order chi connectivity index (χ1) is 6.18. The number of benzene rings is 1. The molecule has 0 spiro atoms. The number of rotatable bonds is 2. The van der Waals surface area contributed by atoms with Crippen LogP contribution in [0.3, 0.4) is 0 Å². The Kier molecular flexibility index (Phi) is 2.10. The second-order valence-corrected chi connectivity index (χ2v) is 4.09. The Morgan fingerprint density at radius 3 is 2.46 bits per heavy atom. The van der Waals surface area contributed by atoms with Gasteiger partial charge in [0, 0.05) is 5.54 Å². The zero-order valence-electron chi connectivity index (χ0n) is 7.61. The summed E-state index contributed by atoms with van der Waals surface area (Å²) in [4.78, 5) is 0. The number of hydrogen-bond donors (Lipinski definition) is 2. The van der Waals surface area contributed by atoms with E-state index in [-0.39, 0.29) is 11.6 Å². The zero-order valence-corrected chi connectivity index (χ0v) is 7.61. The minimum absolute atomic E-state index is 0.152. The summed E-state index contributed by atoms with van der Waals surface area (Å²) >= 11 is 0. The van der Waals surface area contributed by atoms with Gasteiger partial charge in [-0.3, -0.25) is 0 Å². The lowest BCUT2D eigenvalue weighted by atomic mass is 9.71. The van der Waals surface area contributed by atoms with Gasteiger partial charge in [0.1, 0.15) is 0 Å². The van der Waals surface area contributed by atoms with Crippen molar-refractivity contribution in [3.8, 4) is 0 Å². The highest BCUT2D eigenvalue weighted by atomic mass is 16.3. The summed E-state index contributed by atoms with van der Waals surface area (Å²) in [5.74, 6) is 0. The molecule has 2 heteroatoms. The van der Waals surface area contributed by atoms with Crippen LogP contribution in [0.1, 0.15) is 18.4 Å². The molecular formula is C11H15NO. The van der Waals surface area contributed by atoms with Crippen LogP contribution in [0.4, 0.5) is 0 Å². The summed E-state index contributed by atoms with van der Waals surface area (Å²) in [7, 11) is 0. The van der Waals surface area contributed by atoms with Crippen LogP contribution < -0.4 is 5.73 Å². The molecule has 3 N–H and O–H groups in total. The van der Waals surface area contributed by atoms with E-state index in [1.807, 2.05) is 18.2 Å². The van der Waals surface area contributed by atoms with Crippen molar-refractivity contribution in [2.24, 2.45) is 5.73 Å². The molecule has 0 amide bonds. The summed E-state index contributed by atoms with van der Waals surface area (Å²) in [6, 6.07) is 10.2. The van der Waals surface area contributed by atoms with Gasteiger partial charge in [0.25, 0.3) is 0 Å². The van der Waals surface area contributed by atoms with Crippen LogP contribution in [-0.2, 0) is 6.42 Å². The largest absolute Gasteiger partial charge is 0.393 e. The van der Waals surface area contributed by atoms with Gasteiger partial charge in [-0.15, -0.1) is 0 Å². The van der Waals surface area contributed by atoms with Crippen molar-refractivity contribution in [1.29, 1.82) is 0 Å². The molecule has 70 valence electrons. The van der Waals surface area contributed by atoms with Gasteiger partial charge in [-0.25, -0.2) is 0 Å². The molecule has 0 heterocycles. The lowest BCUT2D eigenvalue weighted by molar-refractivity contribution is 0.0232. The quantitative estimate of drug-likeness (QED) is 0.710. The Balaban J connectivity index is 1.99. The summed E-state index contributed by atoms with van der Waals surface area (Å²) in [5, 5.41) is 9.18. The molecule has 0 saturated heterocycles. The van der Waals surface area contributed by atoms with Crippen molar-refractivity contribution in [3.05, 3.63) is 35.9 Å². The number of nitrogens with two attached hydrogens (primary N) is 1. The third-order valence-corrected chi connectivity index (χ3v) is 2.68. The predicted molar refractivity (Wildman–Crippen MR) is 52.3 cm³/mol. The monoisotopic (exact) mass is 177 g/mol. The molecular weight excluding hydrogens is 162 g/mol.